The van der Waals surface area contributed by atoms with Crippen LogP contribution in [0.5, 0.6) is 11.5 Å². The fourth-order valence-electron chi connectivity index (χ4n) is 1.59. The first kappa shape index (κ1) is 15.6. The predicted octanol–water partition coefficient (Wildman–Crippen LogP) is 2.02. The molecule has 0 aromatic heterocycles. The molecule has 4 nitrogen and oxygen atoms in total. The Morgan fingerprint density at radius 2 is 1.89 bits per heavy atom. The second-order valence-corrected chi connectivity index (χ2v) is 4.01. The molecule has 0 heterocycles. The number of benzene rings is 1. The third-order valence-electron chi connectivity index (χ3n) is 2.70. The maximum absolute atomic E-state index is 12.3. The van der Waals surface area contributed by atoms with Gasteiger partial charge in [-0.25, -0.2) is 0 Å². The summed E-state index contributed by atoms with van der Waals surface area (Å²) < 4.78 is 47.0. The van der Waals surface area contributed by atoms with Crippen LogP contribution in [0.25, 0.3) is 0 Å². The van der Waals surface area contributed by atoms with E-state index in [0.717, 1.165) is 0 Å². The van der Waals surface area contributed by atoms with E-state index in [4.69, 9.17) is 15.2 Å². The minimum Gasteiger partial charge on any atom is -0.497 e. The minimum absolute atomic E-state index is 0.239. The lowest BCUT2D eigenvalue weighted by molar-refractivity contribution is -0.153. The fraction of sp³-hybridized carbons (Fsp3) is 0.500. The molecule has 1 aromatic rings. The second-order valence-electron chi connectivity index (χ2n) is 4.01. The highest BCUT2D eigenvalue weighted by Gasteiger charge is 2.38. The molecule has 3 N–H and O–H groups in total. The molecule has 0 aliphatic carbocycles. The van der Waals surface area contributed by atoms with Gasteiger partial charge in [-0.3, -0.25) is 0 Å². The van der Waals surface area contributed by atoms with E-state index in [1.54, 1.807) is 0 Å². The molecule has 0 unspecified atom stereocenters. The van der Waals surface area contributed by atoms with Gasteiger partial charge in [0.05, 0.1) is 20.3 Å². The zero-order valence-electron chi connectivity index (χ0n) is 10.6. The van der Waals surface area contributed by atoms with E-state index < -0.39 is 24.7 Å². The Hall–Kier alpha value is -1.47. The normalized spacial score (nSPS) is 14.9. The van der Waals surface area contributed by atoms with Crippen molar-refractivity contribution >= 4 is 0 Å². The van der Waals surface area contributed by atoms with E-state index in [1.165, 1.54) is 32.4 Å². The molecular formula is C12H16F3NO3. The van der Waals surface area contributed by atoms with Gasteiger partial charge in [0, 0.05) is 18.1 Å². The van der Waals surface area contributed by atoms with Crippen LogP contribution in [0, 0.1) is 0 Å². The van der Waals surface area contributed by atoms with Gasteiger partial charge < -0.3 is 20.3 Å². The first-order valence-corrected chi connectivity index (χ1v) is 5.52. The van der Waals surface area contributed by atoms with Crippen molar-refractivity contribution in [2.24, 2.45) is 5.73 Å². The topological polar surface area (TPSA) is 64.7 Å². The number of halogens is 3. The summed E-state index contributed by atoms with van der Waals surface area (Å²) in [5, 5.41) is 9.83. The van der Waals surface area contributed by atoms with Crippen molar-refractivity contribution in [3.8, 4) is 11.5 Å². The Morgan fingerprint density at radius 1 is 1.26 bits per heavy atom. The van der Waals surface area contributed by atoms with Crippen molar-refractivity contribution in [3.05, 3.63) is 23.8 Å². The maximum atomic E-state index is 12.3. The van der Waals surface area contributed by atoms with Gasteiger partial charge >= 0.3 is 6.18 Å². The van der Waals surface area contributed by atoms with Crippen LogP contribution < -0.4 is 15.2 Å². The average Bonchev–Trinajstić information content (AvgIpc) is 2.36. The number of hydrogen-bond donors (Lipinski definition) is 2. The highest BCUT2D eigenvalue weighted by atomic mass is 19.4. The quantitative estimate of drug-likeness (QED) is 0.865. The molecular weight excluding hydrogens is 263 g/mol. The lowest BCUT2D eigenvalue weighted by Gasteiger charge is -2.21. The van der Waals surface area contributed by atoms with Gasteiger partial charge in [-0.15, -0.1) is 0 Å². The lowest BCUT2D eigenvalue weighted by Crippen LogP contribution is -2.38. The third kappa shape index (κ3) is 4.00. The standard InChI is InChI=1S/C12H16F3NO3/c1-18-7-3-4-8(10(5-7)19-2)9(17)6-11(16)12(13,14)15/h3-5,9,11,17H,6,16H2,1-2H3/t9-,11-/m1/s1. The van der Waals surface area contributed by atoms with E-state index in [1.807, 2.05) is 0 Å². The summed E-state index contributed by atoms with van der Waals surface area (Å²) in [6.45, 7) is 0. The first-order chi connectivity index (χ1) is 8.79. The monoisotopic (exact) mass is 279 g/mol. The van der Waals surface area contributed by atoms with Gasteiger partial charge in [-0.05, 0) is 12.1 Å². The Balaban J connectivity index is 2.90. The van der Waals surface area contributed by atoms with Crippen molar-refractivity contribution < 1.29 is 27.8 Å². The molecule has 0 spiro atoms. The summed E-state index contributed by atoms with van der Waals surface area (Å²) in [6, 6.07) is 2.37. The molecule has 0 radical (unpaired) electrons. The molecule has 1 rings (SSSR count). The van der Waals surface area contributed by atoms with Gasteiger partial charge in [-0.1, -0.05) is 0 Å². The number of hydrogen-bond acceptors (Lipinski definition) is 4. The van der Waals surface area contributed by atoms with Gasteiger partial charge in [-0.2, -0.15) is 13.2 Å². The van der Waals surface area contributed by atoms with E-state index in [0.29, 0.717) is 5.75 Å². The Labute approximate surface area is 108 Å². The van der Waals surface area contributed by atoms with Crippen LogP contribution in [-0.4, -0.2) is 31.5 Å². The molecule has 0 fully saturated rings. The van der Waals surface area contributed by atoms with Gasteiger partial charge in [0.15, 0.2) is 0 Å². The molecule has 7 heteroatoms. The second kappa shape index (κ2) is 6.12. The van der Waals surface area contributed by atoms with Crippen molar-refractivity contribution in [3.63, 3.8) is 0 Å². The number of aliphatic hydroxyl groups excluding tert-OH is 1. The Morgan fingerprint density at radius 3 is 2.37 bits per heavy atom. The van der Waals surface area contributed by atoms with Crippen molar-refractivity contribution in [2.75, 3.05) is 14.2 Å². The molecule has 0 aliphatic rings. The predicted molar refractivity (Wildman–Crippen MR) is 63.2 cm³/mol. The summed E-state index contributed by atoms with van der Waals surface area (Å²) in [4.78, 5) is 0. The molecule has 0 saturated carbocycles. The van der Waals surface area contributed by atoms with Crippen molar-refractivity contribution in [2.45, 2.75) is 24.7 Å². The largest absolute Gasteiger partial charge is 0.497 e. The maximum Gasteiger partial charge on any atom is 0.403 e. The summed E-state index contributed by atoms with van der Waals surface area (Å²) >= 11 is 0. The average molecular weight is 279 g/mol. The summed E-state index contributed by atoms with van der Waals surface area (Å²) in [6.07, 6.45) is -6.54. The minimum atomic E-state index is -4.54. The van der Waals surface area contributed by atoms with Crippen LogP contribution in [-0.2, 0) is 0 Å². The number of nitrogens with two attached hydrogens (primary N) is 1. The number of rotatable bonds is 5. The van der Waals surface area contributed by atoms with Crippen LogP contribution in [0.15, 0.2) is 18.2 Å². The SMILES string of the molecule is COc1ccc([C@H](O)C[C@@H](N)C(F)(F)F)c(OC)c1. The number of aliphatic hydroxyl groups is 1. The molecule has 1 aromatic carbocycles. The van der Waals surface area contributed by atoms with E-state index >= 15 is 0 Å². The third-order valence-corrected chi connectivity index (χ3v) is 2.70. The first-order valence-electron chi connectivity index (χ1n) is 5.52. The molecule has 0 amide bonds. The van der Waals surface area contributed by atoms with Gasteiger partial charge in [0.25, 0.3) is 0 Å². The van der Waals surface area contributed by atoms with Crippen LogP contribution >= 0.6 is 0 Å². The highest BCUT2D eigenvalue weighted by molar-refractivity contribution is 5.42. The number of ether oxygens (including phenoxy) is 2. The molecule has 0 bridgehead atoms. The van der Waals surface area contributed by atoms with Crippen LogP contribution in [0.3, 0.4) is 0 Å². The zero-order chi connectivity index (χ0) is 14.6. The Bertz CT molecular complexity index is 423. The van der Waals surface area contributed by atoms with Gasteiger partial charge in [0.2, 0.25) is 0 Å². The van der Waals surface area contributed by atoms with E-state index in [9.17, 15) is 18.3 Å². The van der Waals surface area contributed by atoms with E-state index in [-0.39, 0.29) is 11.3 Å². The van der Waals surface area contributed by atoms with Crippen molar-refractivity contribution in [1.29, 1.82) is 0 Å². The van der Waals surface area contributed by atoms with Crippen molar-refractivity contribution in [1.82, 2.24) is 0 Å². The van der Waals surface area contributed by atoms with Crippen LogP contribution in [0.2, 0.25) is 0 Å². The van der Waals surface area contributed by atoms with Crippen LogP contribution in [0.1, 0.15) is 18.1 Å². The summed E-state index contributed by atoms with van der Waals surface area (Å²) in [5.41, 5.74) is 5.22. The molecule has 108 valence electrons. The lowest BCUT2D eigenvalue weighted by atomic mass is 10.0. The van der Waals surface area contributed by atoms with E-state index in [2.05, 4.69) is 0 Å². The molecule has 2 atom stereocenters. The zero-order valence-corrected chi connectivity index (χ0v) is 10.6. The van der Waals surface area contributed by atoms with Gasteiger partial charge in [0.1, 0.15) is 17.5 Å². The highest BCUT2D eigenvalue weighted by Crippen LogP contribution is 2.33. The summed E-state index contributed by atoms with van der Waals surface area (Å²) in [7, 11) is 2.80. The van der Waals surface area contributed by atoms with Crippen LogP contribution in [0.4, 0.5) is 13.2 Å². The Kier molecular flexibility index (Phi) is 5.02. The number of methoxy groups -OCH3 is 2. The molecule has 0 aliphatic heterocycles. The smallest absolute Gasteiger partial charge is 0.403 e. The molecule has 0 saturated heterocycles. The molecule has 19 heavy (non-hydrogen) atoms. The number of alkyl halides is 3. The summed E-state index contributed by atoms with van der Waals surface area (Å²) in [5.74, 6) is 0.731. The fourth-order valence-corrected chi connectivity index (χ4v) is 1.59.